The summed E-state index contributed by atoms with van der Waals surface area (Å²) in [6.45, 7) is 6.31. The summed E-state index contributed by atoms with van der Waals surface area (Å²) in [7, 11) is 0. The molecule has 0 radical (unpaired) electrons. The van der Waals surface area contributed by atoms with Crippen LogP contribution < -0.4 is 5.73 Å². The Hall–Kier alpha value is -0.940. The second kappa shape index (κ2) is 5.21. The summed E-state index contributed by atoms with van der Waals surface area (Å²) >= 11 is 4.93. The molecule has 1 heterocycles. The summed E-state index contributed by atoms with van der Waals surface area (Å²) in [5.41, 5.74) is 7.66. The maximum Gasteiger partial charge on any atom is 0.180 e. The quantitative estimate of drug-likeness (QED) is 0.871. The molecule has 0 bridgehead atoms. The van der Waals surface area contributed by atoms with Crippen LogP contribution in [0.15, 0.2) is 22.7 Å². The van der Waals surface area contributed by atoms with Crippen LogP contribution in [0.3, 0.4) is 0 Å². The molecule has 0 fully saturated rings. The number of aromatic nitrogens is 1. The summed E-state index contributed by atoms with van der Waals surface area (Å²) in [5, 5.41) is 0.562. The van der Waals surface area contributed by atoms with Gasteiger partial charge in [0.25, 0.3) is 0 Å². The highest BCUT2D eigenvalue weighted by Gasteiger charge is 2.23. The number of rotatable bonds is 2. The van der Waals surface area contributed by atoms with Crippen LogP contribution in [0.25, 0.3) is 0 Å². The van der Waals surface area contributed by atoms with Crippen molar-refractivity contribution in [3.8, 4) is 0 Å². The van der Waals surface area contributed by atoms with E-state index >= 15 is 0 Å². The van der Waals surface area contributed by atoms with Gasteiger partial charge in [-0.25, -0.2) is 9.37 Å². The number of hydrogen-bond donors (Lipinski definition) is 1. The highest BCUT2D eigenvalue weighted by atomic mass is 79.9. The largest absolute Gasteiger partial charge is 0.375 e. The van der Waals surface area contributed by atoms with E-state index in [-0.39, 0.29) is 11.2 Å². The monoisotopic (exact) mass is 342 g/mol. The SMILES string of the molecule is CC(C)(C)c1nc(N)sc1Cc1cc(F)ccc1Br. The maximum absolute atomic E-state index is 13.3. The Balaban J connectivity index is 2.41. The van der Waals surface area contributed by atoms with Crippen LogP contribution in [0, 0.1) is 5.82 Å². The van der Waals surface area contributed by atoms with E-state index < -0.39 is 0 Å². The van der Waals surface area contributed by atoms with Crippen LogP contribution in [0.2, 0.25) is 0 Å². The molecule has 2 rings (SSSR count). The predicted molar refractivity (Wildman–Crippen MR) is 82.1 cm³/mol. The third-order valence-corrected chi connectivity index (χ3v) is 4.44. The first-order valence-electron chi connectivity index (χ1n) is 5.97. The molecule has 0 aliphatic heterocycles. The van der Waals surface area contributed by atoms with E-state index in [4.69, 9.17) is 5.73 Å². The molecule has 19 heavy (non-hydrogen) atoms. The Labute approximate surface area is 125 Å². The van der Waals surface area contributed by atoms with E-state index in [0.717, 1.165) is 20.6 Å². The second-order valence-electron chi connectivity index (χ2n) is 5.49. The lowest BCUT2D eigenvalue weighted by molar-refractivity contribution is 0.568. The van der Waals surface area contributed by atoms with Gasteiger partial charge < -0.3 is 5.73 Å². The molecule has 2 nitrogen and oxygen atoms in total. The minimum Gasteiger partial charge on any atom is -0.375 e. The zero-order valence-corrected chi connectivity index (χ0v) is 13.5. The van der Waals surface area contributed by atoms with Crippen molar-refractivity contribution in [3.63, 3.8) is 0 Å². The fourth-order valence-corrected chi connectivity index (χ4v) is 3.38. The van der Waals surface area contributed by atoms with E-state index in [1.165, 1.54) is 17.4 Å². The van der Waals surface area contributed by atoms with Crippen molar-refractivity contribution >= 4 is 32.4 Å². The van der Waals surface area contributed by atoms with Crippen molar-refractivity contribution in [3.05, 3.63) is 44.6 Å². The molecule has 5 heteroatoms. The first-order valence-corrected chi connectivity index (χ1v) is 7.58. The number of benzene rings is 1. The van der Waals surface area contributed by atoms with Gasteiger partial charge in [0.1, 0.15) is 5.82 Å². The number of thiazole rings is 1. The van der Waals surface area contributed by atoms with Gasteiger partial charge in [-0.2, -0.15) is 0 Å². The van der Waals surface area contributed by atoms with Gasteiger partial charge in [0.05, 0.1) is 5.69 Å². The molecule has 0 atom stereocenters. The average Bonchev–Trinajstić information content (AvgIpc) is 2.65. The fraction of sp³-hybridized carbons (Fsp3) is 0.357. The smallest absolute Gasteiger partial charge is 0.180 e. The van der Waals surface area contributed by atoms with Crippen LogP contribution in [-0.4, -0.2) is 4.98 Å². The molecule has 0 aliphatic rings. The molecule has 102 valence electrons. The first kappa shape index (κ1) is 14.5. The fourth-order valence-electron chi connectivity index (χ4n) is 1.93. The Bertz CT molecular complexity index is 602. The van der Waals surface area contributed by atoms with E-state index in [2.05, 4.69) is 41.7 Å². The van der Waals surface area contributed by atoms with Crippen molar-refractivity contribution in [1.82, 2.24) is 4.98 Å². The zero-order chi connectivity index (χ0) is 14.2. The lowest BCUT2D eigenvalue weighted by atomic mass is 9.90. The Morgan fingerprint density at radius 2 is 2.05 bits per heavy atom. The van der Waals surface area contributed by atoms with Crippen LogP contribution in [-0.2, 0) is 11.8 Å². The third-order valence-electron chi connectivity index (χ3n) is 2.78. The number of halogens is 2. The molecule has 0 spiro atoms. The van der Waals surface area contributed by atoms with Crippen LogP contribution in [0.5, 0.6) is 0 Å². The van der Waals surface area contributed by atoms with Gasteiger partial charge >= 0.3 is 0 Å². The van der Waals surface area contributed by atoms with Crippen LogP contribution in [0.1, 0.15) is 36.9 Å². The van der Waals surface area contributed by atoms with Crippen LogP contribution >= 0.6 is 27.3 Å². The van der Waals surface area contributed by atoms with Crippen molar-refractivity contribution < 1.29 is 4.39 Å². The first-order chi connectivity index (χ1) is 8.77. The van der Waals surface area contributed by atoms with Crippen molar-refractivity contribution in [1.29, 1.82) is 0 Å². The summed E-state index contributed by atoms with van der Waals surface area (Å²) in [6, 6.07) is 4.72. The lowest BCUT2D eigenvalue weighted by Crippen LogP contribution is -2.14. The average molecular weight is 343 g/mol. The Morgan fingerprint density at radius 1 is 1.37 bits per heavy atom. The van der Waals surface area contributed by atoms with Gasteiger partial charge in [-0.1, -0.05) is 36.7 Å². The normalized spacial score (nSPS) is 11.8. The van der Waals surface area contributed by atoms with Gasteiger partial charge in [0, 0.05) is 21.2 Å². The number of hydrogen-bond acceptors (Lipinski definition) is 3. The molecule has 2 aromatic rings. The number of anilines is 1. The van der Waals surface area contributed by atoms with E-state index in [1.807, 2.05) is 0 Å². The number of nitrogens with two attached hydrogens (primary N) is 1. The predicted octanol–water partition coefficient (Wildman–Crippen LogP) is 4.52. The summed E-state index contributed by atoms with van der Waals surface area (Å²) in [5.74, 6) is -0.229. The Kier molecular flexibility index (Phi) is 3.97. The standard InChI is InChI=1S/C14H16BrFN2S/c1-14(2,3)12-11(19-13(17)18-12)7-8-6-9(16)4-5-10(8)15/h4-6H,7H2,1-3H3,(H2,17,18). The second-order valence-corrected chi connectivity index (χ2v) is 7.46. The molecule has 0 amide bonds. The molecule has 0 saturated carbocycles. The van der Waals surface area contributed by atoms with Gasteiger partial charge in [-0.05, 0) is 23.8 Å². The molecular weight excluding hydrogens is 327 g/mol. The molecule has 0 aliphatic carbocycles. The van der Waals surface area contributed by atoms with Crippen molar-refractivity contribution in [2.75, 3.05) is 5.73 Å². The highest BCUT2D eigenvalue weighted by Crippen LogP contribution is 2.33. The molecule has 2 N–H and O–H groups in total. The third kappa shape index (κ3) is 3.34. The molecule has 1 aromatic carbocycles. The Morgan fingerprint density at radius 3 is 2.68 bits per heavy atom. The number of nitrogens with zero attached hydrogens (tertiary/aromatic N) is 1. The minimum atomic E-state index is -0.229. The van der Waals surface area contributed by atoms with Crippen molar-refractivity contribution in [2.45, 2.75) is 32.6 Å². The number of nitrogen functional groups attached to an aromatic ring is 1. The highest BCUT2D eigenvalue weighted by molar-refractivity contribution is 9.10. The maximum atomic E-state index is 13.3. The summed E-state index contributed by atoms with van der Waals surface area (Å²) in [6.07, 6.45) is 0.639. The molecule has 1 aromatic heterocycles. The minimum absolute atomic E-state index is 0.0662. The van der Waals surface area contributed by atoms with Gasteiger partial charge in [-0.3, -0.25) is 0 Å². The van der Waals surface area contributed by atoms with E-state index in [0.29, 0.717) is 11.6 Å². The zero-order valence-electron chi connectivity index (χ0n) is 11.1. The molecule has 0 saturated heterocycles. The summed E-state index contributed by atoms with van der Waals surface area (Å²) < 4.78 is 14.2. The van der Waals surface area contributed by atoms with E-state index in [1.54, 1.807) is 12.1 Å². The van der Waals surface area contributed by atoms with Crippen molar-refractivity contribution in [2.24, 2.45) is 0 Å². The molecule has 0 unspecified atom stereocenters. The van der Waals surface area contributed by atoms with Gasteiger partial charge in [-0.15, -0.1) is 11.3 Å². The van der Waals surface area contributed by atoms with E-state index in [9.17, 15) is 4.39 Å². The lowest BCUT2D eigenvalue weighted by Gasteiger charge is -2.17. The van der Waals surface area contributed by atoms with Gasteiger partial charge in [0.2, 0.25) is 0 Å². The summed E-state index contributed by atoms with van der Waals surface area (Å²) in [4.78, 5) is 5.51. The topological polar surface area (TPSA) is 38.9 Å². The molecular formula is C14H16BrFN2S. The van der Waals surface area contributed by atoms with Gasteiger partial charge in [0.15, 0.2) is 5.13 Å². The van der Waals surface area contributed by atoms with Crippen LogP contribution in [0.4, 0.5) is 9.52 Å².